The highest BCUT2D eigenvalue weighted by atomic mass is 16.5. The summed E-state index contributed by atoms with van der Waals surface area (Å²) in [7, 11) is 1.63. The number of methoxy groups -OCH3 is 1. The Hall–Kier alpha value is -2.42. The lowest BCUT2D eigenvalue weighted by molar-refractivity contribution is -0.0743. The van der Waals surface area contributed by atoms with Crippen LogP contribution in [0.4, 0.5) is 0 Å². The molecule has 3 aromatic carbocycles. The molecule has 116 valence electrons. The minimum atomic E-state index is -1.27. The summed E-state index contributed by atoms with van der Waals surface area (Å²) in [5.41, 5.74) is 1.28. The average molecular weight is 304 g/mol. The third-order valence-corrected chi connectivity index (χ3v) is 4.15. The Bertz CT molecular complexity index is 684. The fraction of sp³-hybridized carbons (Fsp3) is 0.143. The Balaban J connectivity index is 2.19. The molecule has 0 radical (unpaired) electrons. The standard InChI is InChI=1S/C21H20O2/c1-23-20(17-11-5-2-6-12-17)21(22,18-13-7-3-8-14-18)19-15-9-4-10-16-19/h2-16,20,22H,1H3. The summed E-state index contributed by atoms with van der Waals surface area (Å²) >= 11 is 0. The van der Waals surface area contributed by atoms with E-state index in [1.807, 2.05) is 91.0 Å². The van der Waals surface area contributed by atoms with Gasteiger partial charge in [-0.25, -0.2) is 0 Å². The van der Waals surface area contributed by atoms with E-state index >= 15 is 0 Å². The van der Waals surface area contributed by atoms with E-state index in [0.717, 1.165) is 16.7 Å². The van der Waals surface area contributed by atoms with E-state index in [-0.39, 0.29) is 0 Å². The van der Waals surface area contributed by atoms with Gasteiger partial charge in [0.2, 0.25) is 0 Å². The first-order valence-corrected chi connectivity index (χ1v) is 7.68. The van der Waals surface area contributed by atoms with Crippen molar-refractivity contribution in [1.29, 1.82) is 0 Å². The highest BCUT2D eigenvalue weighted by molar-refractivity contribution is 5.40. The van der Waals surface area contributed by atoms with Crippen LogP contribution in [0.3, 0.4) is 0 Å². The Morgan fingerprint density at radius 3 is 1.48 bits per heavy atom. The van der Waals surface area contributed by atoms with Crippen molar-refractivity contribution in [2.75, 3.05) is 7.11 Å². The second kappa shape index (κ2) is 6.78. The minimum absolute atomic E-state index is 0.506. The van der Waals surface area contributed by atoms with Crippen LogP contribution < -0.4 is 0 Å². The molecule has 2 nitrogen and oxygen atoms in total. The van der Waals surface area contributed by atoms with Gasteiger partial charge in [0, 0.05) is 7.11 Å². The molecule has 23 heavy (non-hydrogen) atoms. The number of hydrogen-bond acceptors (Lipinski definition) is 2. The Morgan fingerprint density at radius 1 is 0.696 bits per heavy atom. The summed E-state index contributed by atoms with van der Waals surface area (Å²) in [6.07, 6.45) is -0.506. The summed E-state index contributed by atoms with van der Waals surface area (Å²) in [5.74, 6) is 0. The summed E-state index contributed by atoms with van der Waals surface area (Å²) in [6.45, 7) is 0. The van der Waals surface area contributed by atoms with Crippen LogP contribution in [0.25, 0.3) is 0 Å². The first-order chi connectivity index (χ1) is 11.3. The van der Waals surface area contributed by atoms with Gasteiger partial charge in [0.1, 0.15) is 11.7 Å². The van der Waals surface area contributed by atoms with Gasteiger partial charge in [-0.05, 0) is 16.7 Å². The maximum absolute atomic E-state index is 11.7. The topological polar surface area (TPSA) is 29.5 Å². The van der Waals surface area contributed by atoms with Crippen molar-refractivity contribution >= 4 is 0 Å². The Morgan fingerprint density at radius 2 is 1.09 bits per heavy atom. The quantitative estimate of drug-likeness (QED) is 0.761. The van der Waals surface area contributed by atoms with Crippen LogP contribution in [0, 0.1) is 0 Å². The molecule has 1 atom stereocenters. The number of benzene rings is 3. The van der Waals surface area contributed by atoms with E-state index < -0.39 is 11.7 Å². The molecule has 0 aromatic heterocycles. The lowest BCUT2D eigenvalue weighted by Crippen LogP contribution is -2.36. The van der Waals surface area contributed by atoms with Crippen molar-refractivity contribution in [3.8, 4) is 0 Å². The van der Waals surface area contributed by atoms with Gasteiger partial charge in [-0.15, -0.1) is 0 Å². The van der Waals surface area contributed by atoms with Gasteiger partial charge in [-0.2, -0.15) is 0 Å². The van der Waals surface area contributed by atoms with E-state index in [1.54, 1.807) is 7.11 Å². The molecular weight excluding hydrogens is 284 g/mol. The monoisotopic (exact) mass is 304 g/mol. The predicted octanol–water partition coefficient (Wildman–Crippen LogP) is 4.31. The van der Waals surface area contributed by atoms with Gasteiger partial charge < -0.3 is 9.84 Å². The molecule has 3 rings (SSSR count). The van der Waals surface area contributed by atoms with Crippen LogP contribution in [0.1, 0.15) is 22.8 Å². The Kier molecular flexibility index (Phi) is 4.56. The molecule has 0 bridgehead atoms. The first-order valence-electron chi connectivity index (χ1n) is 7.68. The smallest absolute Gasteiger partial charge is 0.145 e. The molecule has 0 aliphatic rings. The van der Waals surface area contributed by atoms with Crippen molar-refractivity contribution in [1.82, 2.24) is 0 Å². The number of rotatable bonds is 5. The van der Waals surface area contributed by atoms with Gasteiger partial charge in [0.05, 0.1) is 0 Å². The fourth-order valence-electron chi connectivity index (χ4n) is 3.03. The summed E-state index contributed by atoms with van der Waals surface area (Å²) in [4.78, 5) is 0. The van der Waals surface area contributed by atoms with Gasteiger partial charge >= 0.3 is 0 Å². The average Bonchev–Trinajstić information content (AvgIpc) is 2.64. The molecule has 0 fully saturated rings. The van der Waals surface area contributed by atoms with Crippen molar-refractivity contribution in [3.63, 3.8) is 0 Å². The molecule has 0 saturated heterocycles. The number of aliphatic hydroxyl groups is 1. The van der Waals surface area contributed by atoms with Crippen LogP contribution in [-0.2, 0) is 10.3 Å². The zero-order chi connectivity index (χ0) is 16.1. The van der Waals surface area contributed by atoms with Gasteiger partial charge in [-0.3, -0.25) is 0 Å². The lowest BCUT2D eigenvalue weighted by Gasteiger charge is -2.36. The summed E-state index contributed by atoms with van der Waals surface area (Å²) in [6, 6.07) is 29.2. The normalized spacial score (nSPS) is 12.8. The minimum Gasteiger partial charge on any atom is -0.377 e. The van der Waals surface area contributed by atoms with Crippen LogP contribution in [0.2, 0.25) is 0 Å². The van der Waals surface area contributed by atoms with E-state index in [9.17, 15) is 5.11 Å². The fourth-order valence-corrected chi connectivity index (χ4v) is 3.03. The molecule has 1 unspecified atom stereocenters. The van der Waals surface area contributed by atoms with Crippen LogP contribution in [0.15, 0.2) is 91.0 Å². The summed E-state index contributed by atoms with van der Waals surface area (Å²) in [5, 5.41) is 11.7. The van der Waals surface area contributed by atoms with E-state index in [4.69, 9.17) is 4.74 Å². The maximum atomic E-state index is 11.7. The molecule has 0 aliphatic heterocycles. The van der Waals surface area contributed by atoms with Crippen LogP contribution in [-0.4, -0.2) is 12.2 Å². The highest BCUT2D eigenvalue weighted by Gasteiger charge is 2.41. The number of ether oxygens (including phenoxy) is 1. The van der Waals surface area contributed by atoms with Gasteiger partial charge in [0.25, 0.3) is 0 Å². The molecular formula is C21H20O2. The predicted molar refractivity (Wildman–Crippen MR) is 92.1 cm³/mol. The van der Waals surface area contributed by atoms with Crippen LogP contribution >= 0.6 is 0 Å². The molecule has 0 heterocycles. The van der Waals surface area contributed by atoms with E-state index in [1.165, 1.54) is 0 Å². The largest absolute Gasteiger partial charge is 0.377 e. The molecule has 0 aliphatic carbocycles. The van der Waals surface area contributed by atoms with Crippen molar-refractivity contribution < 1.29 is 9.84 Å². The molecule has 0 saturated carbocycles. The maximum Gasteiger partial charge on any atom is 0.145 e. The zero-order valence-corrected chi connectivity index (χ0v) is 13.1. The molecule has 3 aromatic rings. The van der Waals surface area contributed by atoms with Crippen molar-refractivity contribution in [2.45, 2.75) is 11.7 Å². The summed E-state index contributed by atoms with van der Waals surface area (Å²) < 4.78 is 5.76. The molecule has 0 spiro atoms. The molecule has 1 N–H and O–H groups in total. The van der Waals surface area contributed by atoms with E-state index in [0.29, 0.717) is 0 Å². The number of hydrogen-bond donors (Lipinski definition) is 1. The Labute approximate surface area is 137 Å². The van der Waals surface area contributed by atoms with Gasteiger partial charge in [-0.1, -0.05) is 91.0 Å². The third-order valence-electron chi connectivity index (χ3n) is 4.15. The van der Waals surface area contributed by atoms with Crippen LogP contribution in [0.5, 0.6) is 0 Å². The highest BCUT2D eigenvalue weighted by Crippen LogP contribution is 2.42. The lowest BCUT2D eigenvalue weighted by atomic mass is 9.79. The second-order valence-corrected chi connectivity index (χ2v) is 5.52. The third kappa shape index (κ3) is 2.91. The van der Waals surface area contributed by atoms with Crippen molar-refractivity contribution in [3.05, 3.63) is 108 Å². The van der Waals surface area contributed by atoms with E-state index in [2.05, 4.69) is 0 Å². The first kappa shape index (κ1) is 15.5. The molecule has 0 amide bonds. The zero-order valence-electron chi connectivity index (χ0n) is 13.1. The molecule has 2 heteroatoms. The second-order valence-electron chi connectivity index (χ2n) is 5.52. The SMILES string of the molecule is COC(c1ccccc1)C(O)(c1ccccc1)c1ccccc1. The van der Waals surface area contributed by atoms with Crippen molar-refractivity contribution in [2.24, 2.45) is 0 Å². The van der Waals surface area contributed by atoms with Gasteiger partial charge in [0.15, 0.2) is 0 Å².